The van der Waals surface area contributed by atoms with E-state index in [4.69, 9.17) is 5.41 Å². The Bertz CT molecular complexity index is 492. The average Bonchev–Trinajstić information content (AvgIpc) is 2.36. The van der Waals surface area contributed by atoms with Gasteiger partial charge in [-0.25, -0.2) is 9.18 Å². The maximum absolute atomic E-state index is 12.6. The lowest BCUT2D eigenvalue weighted by atomic mass is 10.1. The average molecular weight is 248 g/mol. The fourth-order valence-corrected chi connectivity index (χ4v) is 1.11. The number of hydrogen-bond acceptors (Lipinski definition) is 4. The maximum Gasteiger partial charge on any atom is 0.356 e. The van der Waals surface area contributed by atoms with Gasteiger partial charge in [-0.15, -0.1) is 0 Å². The van der Waals surface area contributed by atoms with E-state index < -0.39 is 11.8 Å². The van der Waals surface area contributed by atoms with Crippen molar-refractivity contribution in [1.82, 2.24) is 4.98 Å². The largest absolute Gasteiger partial charge is 0.461 e. The van der Waals surface area contributed by atoms with Gasteiger partial charge < -0.3 is 4.74 Å². The van der Waals surface area contributed by atoms with Crippen LogP contribution in [-0.4, -0.2) is 23.3 Å². The van der Waals surface area contributed by atoms with Crippen LogP contribution in [0.25, 0.3) is 5.57 Å². The smallest absolute Gasteiger partial charge is 0.356 e. The fraction of sp³-hybridized carbons (Fsp3) is 0.154. The predicted octanol–water partition coefficient (Wildman–Crippen LogP) is 2.37. The fourth-order valence-electron chi connectivity index (χ4n) is 1.11. The molecule has 0 fully saturated rings. The summed E-state index contributed by atoms with van der Waals surface area (Å²) in [5.41, 5.74) is 0.675. The molecule has 0 saturated heterocycles. The second-order valence-electron chi connectivity index (χ2n) is 3.35. The van der Waals surface area contributed by atoms with Crippen LogP contribution in [-0.2, 0) is 9.53 Å². The number of nitrogens with one attached hydrogen (secondary N) is 1. The van der Waals surface area contributed by atoms with E-state index in [1.165, 1.54) is 24.3 Å². The van der Waals surface area contributed by atoms with Crippen LogP contribution in [0.1, 0.15) is 12.6 Å². The highest BCUT2D eigenvalue weighted by Gasteiger charge is 2.06. The van der Waals surface area contributed by atoms with Gasteiger partial charge in [-0.05, 0) is 30.7 Å². The van der Waals surface area contributed by atoms with E-state index in [1.54, 1.807) is 6.92 Å². The first-order valence-corrected chi connectivity index (χ1v) is 5.29. The van der Waals surface area contributed by atoms with Crippen molar-refractivity contribution in [2.75, 3.05) is 6.61 Å². The molecule has 18 heavy (non-hydrogen) atoms. The molecule has 1 heterocycles. The molecule has 4 nitrogen and oxygen atoms in total. The van der Waals surface area contributed by atoms with Crippen LogP contribution in [0.5, 0.6) is 0 Å². The minimum atomic E-state index is -0.700. The molecule has 0 saturated carbocycles. The topological polar surface area (TPSA) is 63.0 Å². The van der Waals surface area contributed by atoms with Gasteiger partial charge in [0.2, 0.25) is 0 Å². The van der Waals surface area contributed by atoms with Crippen LogP contribution < -0.4 is 0 Å². The van der Waals surface area contributed by atoms with Crippen molar-refractivity contribution in [2.24, 2.45) is 0 Å². The lowest BCUT2D eigenvalue weighted by Crippen LogP contribution is -2.13. The van der Waals surface area contributed by atoms with E-state index in [0.29, 0.717) is 11.3 Å². The van der Waals surface area contributed by atoms with Gasteiger partial charge in [0.05, 0.1) is 18.5 Å². The molecule has 0 aliphatic rings. The molecule has 0 radical (unpaired) electrons. The third kappa shape index (κ3) is 3.93. The summed E-state index contributed by atoms with van der Waals surface area (Å²) in [5, 5.41) is 7.41. The van der Waals surface area contributed by atoms with Gasteiger partial charge in [-0.3, -0.25) is 10.4 Å². The summed E-state index contributed by atoms with van der Waals surface area (Å²) < 4.78 is 17.3. The Kier molecular flexibility index (Phi) is 4.92. The molecule has 0 aliphatic heterocycles. The number of pyridine rings is 1. The Morgan fingerprint density at radius 1 is 1.56 bits per heavy atom. The van der Waals surface area contributed by atoms with Gasteiger partial charge in [0, 0.05) is 0 Å². The number of aromatic nitrogens is 1. The van der Waals surface area contributed by atoms with Crippen molar-refractivity contribution in [1.29, 1.82) is 5.41 Å². The van der Waals surface area contributed by atoms with Gasteiger partial charge in [0.1, 0.15) is 11.5 Å². The predicted molar refractivity (Wildman–Crippen MR) is 66.7 cm³/mol. The zero-order valence-electron chi connectivity index (χ0n) is 9.94. The third-order valence-electron chi connectivity index (χ3n) is 2.00. The highest BCUT2D eigenvalue weighted by Crippen LogP contribution is 2.10. The summed E-state index contributed by atoms with van der Waals surface area (Å²) in [6.45, 7) is 5.59. The number of allylic oxidation sites excluding steroid dienone is 2. The number of halogens is 1. The molecule has 94 valence electrons. The monoisotopic (exact) mass is 248 g/mol. The number of carbonyl (C=O) groups excluding carboxylic acids is 1. The zero-order chi connectivity index (χ0) is 13.5. The number of rotatable bonds is 5. The first-order valence-electron chi connectivity index (χ1n) is 5.29. The summed E-state index contributed by atoms with van der Waals surface area (Å²) in [6.07, 6.45) is 3.80. The SMILES string of the molecule is C=C(/C=C\C(=N)C(=O)OCC)c1ccc(F)cn1. The normalized spacial score (nSPS) is 10.3. The number of esters is 1. The van der Waals surface area contributed by atoms with Crippen molar-refractivity contribution in [2.45, 2.75) is 6.92 Å². The van der Waals surface area contributed by atoms with Gasteiger partial charge >= 0.3 is 5.97 Å². The highest BCUT2D eigenvalue weighted by molar-refractivity contribution is 6.40. The van der Waals surface area contributed by atoms with Crippen molar-refractivity contribution in [3.8, 4) is 0 Å². The lowest BCUT2D eigenvalue weighted by Gasteiger charge is -2.00. The Labute approximate surface area is 104 Å². The Morgan fingerprint density at radius 2 is 2.28 bits per heavy atom. The van der Waals surface area contributed by atoms with Crippen molar-refractivity contribution < 1.29 is 13.9 Å². The molecule has 0 spiro atoms. The van der Waals surface area contributed by atoms with Gasteiger partial charge in [0.25, 0.3) is 0 Å². The quantitative estimate of drug-likeness (QED) is 0.494. The Morgan fingerprint density at radius 3 is 2.83 bits per heavy atom. The van der Waals surface area contributed by atoms with Crippen LogP contribution in [0.3, 0.4) is 0 Å². The second-order valence-corrected chi connectivity index (χ2v) is 3.35. The zero-order valence-corrected chi connectivity index (χ0v) is 9.94. The van der Waals surface area contributed by atoms with Crippen LogP contribution in [0, 0.1) is 11.2 Å². The highest BCUT2D eigenvalue weighted by atomic mass is 19.1. The van der Waals surface area contributed by atoms with E-state index in [1.807, 2.05) is 0 Å². The standard InChI is InChI=1S/C13H13FN2O2/c1-3-18-13(17)11(15)6-4-9(2)12-7-5-10(14)8-16-12/h4-8,15H,2-3H2,1H3/b6-4-,15-11?. The summed E-state index contributed by atoms with van der Waals surface area (Å²) >= 11 is 0. The van der Waals surface area contributed by atoms with Crippen LogP contribution in [0.4, 0.5) is 4.39 Å². The summed E-state index contributed by atoms with van der Waals surface area (Å²) in [5.74, 6) is -1.14. The molecule has 0 atom stereocenters. The molecule has 0 amide bonds. The van der Waals surface area contributed by atoms with Crippen LogP contribution in [0.2, 0.25) is 0 Å². The first-order chi connectivity index (χ1) is 8.54. The Balaban J connectivity index is 2.67. The van der Waals surface area contributed by atoms with Crippen molar-refractivity contribution in [3.05, 3.63) is 48.6 Å². The van der Waals surface area contributed by atoms with E-state index in [-0.39, 0.29) is 12.3 Å². The Hall–Kier alpha value is -2.30. The molecule has 0 bridgehead atoms. The number of ether oxygens (including phenoxy) is 1. The molecular formula is C13H13FN2O2. The van der Waals surface area contributed by atoms with Crippen molar-refractivity contribution in [3.63, 3.8) is 0 Å². The first kappa shape index (κ1) is 13.8. The summed E-state index contributed by atoms with van der Waals surface area (Å²) in [6, 6.07) is 2.73. The number of nitrogens with zero attached hydrogens (tertiary/aromatic N) is 1. The van der Waals surface area contributed by atoms with E-state index in [2.05, 4.69) is 16.3 Å². The molecule has 1 aromatic rings. The lowest BCUT2D eigenvalue weighted by molar-refractivity contribution is -0.135. The molecule has 1 aromatic heterocycles. The number of carbonyl (C=O) groups is 1. The maximum atomic E-state index is 12.6. The molecule has 5 heteroatoms. The third-order valence-corrected chi connectivity index (χ3v) is 2.00. The number of hydrogen-bond donors (Lipinski definition) is 1. The molecule has 0 aliphatic carbocycles. The molecular weight excluding hydrogens is 235 g/mol. The van der Waals surface area contributed by atoms with Crippen LogP contribution in [0.15, 0.2) is 37.1 Å². The molecule has 0 unspecified atom stereocenters. The van der Waals surface area contributed by atoms with E-state index in [9.17, 15) is 9.18 Å². The summed E-state index contributed by atoms with van der Waals surface area (Å²) in [7, 11) is 0. The van der Waals surface area contributed by atoms with Crippen molar-refractivity contribution >= 4 is 17.3 Å². The molecule has 1 N–H and O–H groups in total. The second kappa shape index (κ2) is 6.44. The minimum Gasteiger partial charge on any atom is -0.461 e. The van der Waals surface area contributed by atoms with Gasteiger partial charge in [0.15, 0.2) is 0 Å². The van der Waals surface area contributed by atoms with E-state index in [0.717, 1.165) is 6.20 Å². The molecule has 0 aromatic carbocycles. The summed E-state index contributed by atoms with van der Waals surface area (Å²) in [4.78, 5) is 15.0. The van der Waals surface area contributed by atoms with Gasteiger partial charge in [-0.2, -0.15) is 0 Å². The van der Waals surface area contributed by atoms with Gasteiger partial charge in [-0.1, -0.05) is 12.7 Å². The van der Waals surface area contributed by atoms with E-state index >= 15 is 0 Å². The minimum absolute atomic E-state index is 0.218. The molecule has 1 rings (SSSR count). The van der Waals surface area contributed by atoms with Crippen LogP contribution >= 0.6 is 0 Å².